The molecule has 4 aromatic carbocycles. The van der Waals surface area contributed by atoms with E-state index < -0.39 is 29.1 Å². The third-order valence-corrected chi connectivity index (χ3v) is 6.22. The smallest absolute Gasteiger partial charge is 0.326 e. The lowest BCUT2D eigenvalue weighted by Crippen LogP contribution is -2.35. The van der Waals surface area contributed by atoms with Crippen molar-refractivity contribution in [3.8, 4) is 11.5 Å². The van der Waals surface area contributed by atoms with Gasteiger partial charge in [-0.25, -0.2) is 13.6 Å². The van der Waals surface area contributed by atoms with Crippen molar-refractivity contribution in [3.05, 3.63) is 113 Å². The second kappa shape index (κ2) is 11.2. The largest absolute Gasteiger partial charge is 0.457 e. The van der Waals surface area contributed by atoms with Gasteiger partial charge in [0.1, 0.15) is 28.7 Å². The summed E-state index contributed by atoms with van der Waals surface area (Å²) in [6.45, 7) is 1.79. The van der Waals surface area contributed by atoms with Crippen LogP contribution in [0.15, 0.2) is 94.7 Å². The molecular weight excluding hydrogens is 506 g/mol. The van der Waals surface area contributed by atoms with E-state index in [0.29, 0.717) is 22.2 Å². The quantitative estimate of drug-likeness (QED) is 0.270. The van der Waals surface area contributed by atoms with Crippen molar-refractivity contribution in [1.29, 1.82) is 0 Å². The van der Waals surface area contributed by atoms with Gasteiger partial charge in [0.25, 0.3) is 5.91 Å². The maximum Gasteiger partial charge on any atom is 0.326 e. The molecule has 0 fully saturated rings. The van der Waals surface area contributed by atoms with E-state index in [1.54, 1.807) is 36.9 Å². The summed E-state index contributed by atoms with van der Waals surface area (Å²) in [6.07, 6.45) is 0. The zero-order chi connectivity index (χ0) is 25.7. The number of hydrogen-bond donors (Lipinski definition) is 2. The Hall–Kier alpha value is -3.88. The molecule has 4 aromatic rings. The van der Waals surface area contributed by atoms with Crippen LogP contribution in [0, 0.1) is 18.6 Å². The summed E-state index contributed by atoms with van der Waals surface area (Å²) in [7, 11) is 0. The van der Waals surface area contributed by atoms with Crippen LogP contribution in [0.25, 0.3) is 0 Å². The molecule has 9 heteroatoms. The molecule has 0 bridgehead atoms. The van der Waals surface area contributed by atoms with Crippen LogP contribution in [0.4, 0.5) is 19.3 Å². The van der Waals surface area contributed by atoms with Crippen molar-refractivity contribution >= 4 is 41.0 Å². The molecule has 0 heterocycles. The number of imide groups is 1. The molecule has 5 nitrogen and oxygen atoms in total. The zero-order valence-electron chi connectivity index (χ0n) is 18.8. The first-order chi connectivity index (χ1) is 17.3. The fourth-order valence-corrected chi connectivity index (χ4v) is 4.17. The Morgan fingerprint density at radius 2 is 1.47 bits per heavy atom. The van der Waals surface area contributed by atoms with Gasteiger partial charge in [-0.15, -0.1) is 0 Å². The summed E-state index contributed by atoms with van der Waals surface area (Å²) in [5.74, 6) is -2.10. The van der Waals surface area contributed by atoms with Crippen LogP contribution in [0.2, 0.25) is 5.02 Å². The van der Waals surface area contributed by atoms with Crippen LogP contribution in [-0.4, -0.2) is 11.9 Å². The lowest BCUT2D eigenvalue weighted by molar-refractivity contribution is 0.0959. The number of nitrogens with one attached hydrogen (secondary N) is 2. The van der Waals surface area contributed by atoms with Crippen molar-refractivity contribution in [2.24, 2.45) is 0 Å². The van der Waals surface area contributed by atoms with E-state index >= 15 is 0 Å². The number of rotatable bonds is 6. The van der Waals surface area contributed by atoms with Gasteiger partial charge in [-0.2, -0.15) is 0 Å². The predicted molar refractivity (Wildman–Crippen MR) is 136 cm³/mol. The van der Waals surface area contributed by atoms with Crippen LogP contribution in [0.1, 0.15) is 15.9 Å². The SMILES string of the molecule is Cc1cc(NC(=O)NC(=O)c2c(F)cccc2F)ccc1Oc1ccc(Sc2ccc(Cl)cc2)cc1. The van der Waals surface area contributed by atoms with Gasteiger partial charge in [0.05, 0.1) is 0 Å². The molecule has 0 unspecified atom stereocenters. The highest BCUT2D eigenvalue weighted by Crippen LogP contribution is 2.32. The Labute approximate surface area is 215 Å². The molecule has 182 valence electrons. The fourth-order valence-electron chi connectivity index (χ4n) is 3.23. The van der Waals surface area contributed by atoms with Crippen molar-refractivity contribution in [1.82, 2.24) is 5.32 Å². The number of aryl methyl sites for hydroxylation is 1. The maximum absolute atomic E-state index is 13.7. The Morgan fingerprint density at radius 3 is 2.08 bits per heavy atom. The summed E-state index contributed by atoms with van der Waals surface area (Å²) < 4.78 is 33.4. The summed E-state index contributed by atoms with van der Waals surface area (Å²) in [5, 5.41) is 5.07. The van der Waals surface area contributed by atoms with Crippen LogP contribution < -0.4 is 15.4 Å². The van der Waals surface area contributed by atoms with Gasteiger partial charge in [0.2, 0.25) is 0 Å². The number of halogens is 3. The molecule has 2 N–H and O–H groups in total. The molecule has 4 rings (SSSR count). The molecule has 0 saturated heterocycles. The van der Waals surface area contributed by atoms with E-state index in [1.165, 1.54) is 0 Å². The van der Waals surface area contributed by atoms with Crippen molar-refractivity contribution in [2.75, 3.05) is 5.32 Å². The highest BCUT2D eigenvalue weighted by Gasteiger charge is 2.19. The Balaban J connectivity index is 1.35. The molecule has 0 aliphatic rings. The molecule has 36 heavy (non-hydrogen) atoms. The van der Waals surface area contributed by atoms with Gasteiger partial charge in [0.15, 0.2) is 0 Å². The number of carbonyl (C=O) groups excluding carboxylic acids is 2. The van der Waals surface area contributed by atoms with Gasteiger partial charge in [0, 0.05) is 20.5 Å². The lowest BCUT2D eigenvalue weighted by atomic mass is 10.2. The molecule has 0 aliphatic heterocycles. The lowest BCUT2D eigenvalue weighted by Gasteiger charge is -2.12. The zero-order valence-corrected chi connectivity index (χ0v) is 20.4. The monoisotopic (exact) mass is 524 g/mol. The maximum atomic E-state index is 13.7. The van der Waals surface area contributed by atoms with Crippen molar-refractivity contribution < 1.29 is 23.1 Å². The highest BCUT2D eigenvalue weighted by molar-refractivity contribution is 7.99. The topological polar surface area (TPSA) is 67.4 Å². The highest BCUT2D eigenvalue weighted by atomic mass is 35.5. The first-order valence-corrected chi connectivity index (χ1v) is 11.9. The summed E-state index contributed by atoms with van der Waals surface area (Å²) >= 11 is 7.53. The third kappa shape index (κ3) is 6.41. The number of urea groups is 1. The Morgan fingerprint density at radius 1 is 0.861 bits per heavy atom. The molecule has 0 saturated carbocycles. The van der Waals surface area contributed by atoms with Crippen molar-refractivity contribution in [3.63, 3.8) is 0 Å². The van der Waals surface area contributed by atoms with E-state index in [1.807, 2.05) is 53.8 Å². The number of anilines is 1. The fraction of sp³-hybridized carbons (Fsp3) is 0.0370. The minimum absolute atomic E-state index is 0.369. The molecule has 0 aliphatic carbocycles. The molecule has 3 amide bonds. The standard InChI is InChI=1S/C27H19ClF2N2O3S/c1-16-15-18(31-27(34)32-26(33)25-22(29)3-2-4-23(25)30)7-14-24(16)35-19-8-12-21(13-9-19)36-20-10-5-17(28)6-11-20/h2-15H,1H3,(H2,31,32,33,34). The summed E-state index contributed by atoms with van der Waals surface area (Å²) in [5.41, 5.74) is 0.262. The second-order valence-corrected chi connectivity index (χ2v) is 9.20. The number of amides is 3. The number of carbonyl (C=O) groups is 2. The van der Waals surface area contributed by atoms with Gasteiger partial charge in [-0.3, -0.25) is 10.1 Å². The average Bonchev–Trinajstić information content (AvgIpc) is 2.83. The van der Waals surface area contributed by atoms with E-state index in [0.717, 1.165) is 33.6 Å². The summed E-state index contributed by atoms with van der Waals surface area (Å²) in [4.78, 5) is 26.3. The molecule has 0 spiro atoms. The van der Waals surface area contributed by atoms with Gasteiger partial charge >= 0.3 is 6.03 Å². The van der Waals surface area contributed by atoms with Crippen LogP contribution in [-0.2, 0) is 0 Å². The second-order valence-electron chi connectivity index (χ2n) is 7.61. The molecular formula is C27H19ClF2N2O3S. The minimum Gasteiger partial charge on any atom is -0.457 e. The average molecular weight is 525 g/mol. The molecule has 0 atom stereocenters. The molecule has 0 radical (unpaired) electrons. The molecule has 0 aromatic heterocycles. The van der Waals surface area contributed by atoms with Gasteiger partial charge in [-0.1, -0.05) is 29.4 Å². The number of hydrogen-bond acceptors (Lipinski definition) is 4. The van der Waals surface area contributed by atoms with Crippen LogP contribution in [0.5, 0.6) is 11.5 Å². The van der Waals surface area contributed by atoms with Gasteiger partial charge in [-0.05, 0) is 91.3 Å². The third-order valence-electron chi connectivity index (χ3n) is 4.95. The normalized spacial score (nSPS) is 10.6. The van der Waals surface area contributed by atoms with E-state index in [-0.39, 0.29) is 0 Å². The Kier molecular flexibility index (Phi) is 7.87. The van der Waals surface area contributed by atoms with Crippen LogP contribution in [0.3, 0.4) is 0 Å². The number of ether oxygens (including phenoxy) is 1. The van der Waals surface area contributed by atoms with Crippen molar-refractivity contribution in [2.45, 2.75) is 16.7 Å². The first kappa shape index (κ1) is 25.2. The van der Waals surface area contributed by atoms with Crippen LogP contribution >= 0.6 is 23.4 Å². The van der Waals surface area contributed by atoms with E-state index in [4.69, 9.17) is 16.3 Å². The number of benzene rings is 4. The van der Waals surface area contributed by atoms with Gasteiger partial charge < -0.3 is 10.1 Å². The Bertz CT molecular complexity index is 1390. The first-order valence-electron chi connectivity index (χ1n) is 10.7. The van der Waals surface area contributed by atoms with E-state index in [9.17, 15) is 18.4 Å². The predicted octanol–water partition coefficient (Wildman–Crippen LogP) is 7.83. The summed E-state index contributed by atoms with van der Waals surface area (Å²) in [6, 6.07) is 22.1. The van der Waals surface area contributed by atoms with E-state index in [2.05, 4.69) is 5.32 Å². The minimum atomic E-state index is -1.18.